The molecule has 3 aromatic rings. The van der Waals surface area contributed by atoms with Crippen LogP contribution in [0, 0.1) is 0 Å². The second kappa shape index (κ2) is 5.31. The predicted molar refractivity (Wildman–Crippen MR) is 74.0 cm³/mol. The summed E-state index contributed by atoms with van der Waals surface area (Å²) >= 11 is 0. The Bertz CT molecular complexity index is 637. The minimum Gasteiger partial charge on any atom is -0.456 e. The number of aromatic nitrogens is 2. The number of ether oxygens (including phenoxy) is 1. The maximum Gasteiger partial charge on any atom is 0.145 e. The molecule has 0 radical (unpaired) electrons. The number of hydrogen-bond donors (Lipinski definition) is 0. The van der Waals surface area contributed by atoms with Crippen LogP contribution in [0.2, 0.25) is 0 Å². The molecule has 2 aromatic heterocycles. The lowest BCUT2D eigenvalue weighted by Crippen LogP contribution is -1.87. The van der Waals surface area contributed by atoms with Crippen molar-refractivity contribution in [1.29, 1.82) is 0 Å². The quantitative estimate of drug-likeness (QED) is 0.704. The minimum absolute atomic E-state index is 0.726. The van der Waals surface area contributed by atoms with Crippen molar-refractivity contribution in [3.05, 3.63) is 73.2 Å². The molecule has 2 heterocycles. The first kappa shape index (κ1) is 11.4. The van der Waals surface area contributed by atoms with Gasteiger partial charge in [-0.3, -0.25) is 9.97 Å². The molecule has 0 aliphatic rings. The summed E-state index contributed by atoms with van der Waals surface area (Å²) in [4.78, 5) is 8.38. The fourth-order valence-corrected chi connectivity index (χ4v) is 1.76. The molecule has 0 amide bonds. The van der Waals surface area contributed by atoms with Crippen LogP contribution in [0.3, 0.4) is 0 Å². The molecule has 0 bridgehead atoms. The normalized spacial score (nSPS) is 10.1. The molecule has 3 rings (SSSR count). The largest absolute Gasteiger partial charge is 0.456 e. The standard InChI is InChI=1S/C16H12N2O/c1-2-4-14(5-3-1)19-15-6-7-16(18-12-15)13-8-10-17-11-9-13/h1-12H. The van der Waals surface area contributed by atoms with Crippen LogP contribution < -0.4 is 4.74 Å². The zero-order valence-corrected chi connectivity index (χ0v) is 10.2. The zero-order chi connectivity index (χ0) is 12.9. The lowest BCUT2D eigenvalue weighted by Gasteiger charge is -2.06. The van der Waals surface area contributed by atoms with Crippen LogP contribution in [0.15, 0.2) is 73.2 Å². The summed E-state index contributed by atoms with van der Waals surface area (Å²) < 4.78 is 5.69. The SMILES string of the molecule is c1ccc(Oc2ccc(-c3ccncc3)nc2)cc1. The maximum atomic E-state index is 5.69. The highest BCUT2D eigenvalue weighted by molar-refractivity contribution is 5.58. The molecule has 0 saturated carbocycles. The number of benzene rings is 1. The van der Waals surface area contributed by atoms with Gasteiger partial charge in [-0.05, 0) is 36.4 Å². The van der Waals surface area contributed by atoms with Gasteiger partial charge < -0.3 is 4.74 Å². The average Bonchev–Trinajstić information content (AvgIpc) is 2.50. The van der Waals surface area contributed by atoms with Gasteiger partial charge >= 0.3 is 0 Å². The second-order valence-corrected chi connectivity index (χ2v) is 4.03. The zero-order valence-electron chi connectivity index (χ0n) is 10.2. The van der Waals surface area contributed by atoms with E-state index < -0.39 is 0 Å². The number of para-hydroxylation sites is 1. The highest BCUT2D eigenvalue weighted by Crippen LogP contribution is 2.22. The summed E-state index contributed by atoms with van der Waals surface area (Å²) in [6.45, 7) is 0. The van der Waals surface area contributed by atoms with Crippen LogP contribution in [0.4, 0.5) is 0 Å². The van der Waals surface area contributed by atoms with Crippen LogP contribution in [-0.4, -0.2) is 9.97 Å². The van der Waals surface area contributed by atoms with Gasteiger partial charge in [0.1, 0.15) is 11.5 Å². The van der Waals surface area contributed by atoms with E-state index in [4.69, 9.17) is 4.74 Å². The van der Waals surface area contributed by atoms with Gasteiger partial charge in [0.15, 0.2) is 0 Å². The third-order valence-electron chi connectivity index (χ3n) is 2.69. The second-order valence-electron chi connectivity index (χ2n) is 4.03. The molecule has 0 fully saturated rings. The predicted octanol–water partition coefficient (Wildman–Crippen LogP) is 3.94. The molecule has 0 atom stereocenters. The monoisotopic (exact) mass is 248 g/mol. The molecule has 19 heavy (non-hydrogen) atoms. The molecule has 0 aliphatic heterocycles. The Labute approximate surface area is 111 Å². The van der Waals surface area contributed by atoms with Crippen molar-refractivity contribution in [3.63, 3.8) is 0 Å². The van der Waals surface area contributed by atoms with Gasteiger partial charge in [-0.25, -0.2) is 0 Å². The summed E-state index contributed by atoms with van der Waals surface area (Å²) in [5.74, 6) is 1.53. The van der Waals surface area contributed by atoms with E-state index in [-0.39, 0.29) is 0 Å². The van der Waals surface area contributed by atoms with E-state index in [9.17, 15) is 0 Å². The molecule has 0 N–H and O–H groups in total. The van der Waals surface area contributed by atoms with Crippen LogP contribution >= 0.6 is 0 Å². The van der Waals surface area contributed by atoms with E-state index in [1.807, 2.05) is 54.6 Å². The summed E-state index contributed by atoms with van der Waals surface area (Å²) in [5.41, 5.74) is 1.95. The Morgan fingerprint density at radius 3 is 2.21 bits per heavy atom. The molecular formula is C16H12N2O. The summed E-state index contributed by atoms with van der Waals surface area (Å²) in [5, 5.41) is 0. The first-order valence-electron chi connectivity index (χ1n) is 6.01. The summed E-state index contributed by atoms with van der Waals surface area (Å²) in [6.07, 6.45) is 5.24. The third kappa shape index (κ3) is 2.77. The Hall–Kier alpha value is -2.68. The molecule has 0 aliphatic carbocycles. The number of rotatable bonds is 3. The molecule has 1 aromatic carbocycles. The molecule has 0 spiro atoms. The van der Waals surface area contributed by atoms with E-state index in [0.717, 1.165) is 22.8 Å². The van der Waals surface area contributed by atoms with Crippen LogP contribution in [0.1, 0.15) is 0 Å². The first-order valence-corrected chi connectivity index (χ1v) is 6.01. The molecule has 3 heteroatoms. The van der Waals surface area contributed by atoms with Crippen molar-refractivity contribution >= 4 is 0 Å². The smallest absolute Gasteiger partial charge is 0.145 e. The van der Waals surface area contributed by atoms with Crippen molar-refractivity contribution in [2.45, 2.75) is 0 Å². The van der Waals surface area contributed by atoms with Crippen molar-refractivity contribution in [2.24, 2.45) is 0 Å². The fourth-order valence-electron chi connectivity index (χ4n) is 1.76. The van der Waals surface area contributed by atoms with Gasteiger partial charge in [-0.1, -0.05) is 18.2 Å². The Balaban J connectivity index is 1.80. The topological polar surface area (TPSA) is 35.0 Å². The molecular weight excluding hydrogens is 236 g/mol. The van der Waals surface area contributed by atoms with E-state index >= 15 is 0 Å². The summed E-state index contributed by atoms with van der Waals surface area (Å²) in [6, 6.07) is 17.4. The van der Waals surface area contributed by atoms with E-state index in [1.165, 1.54) is 0 Å². The van der Waals surface area contributed by atoms with Crippen LogP contribution in [0.25, 0.3) is 11.3 Å². The fraction of sp³-hybridized carbons (Fsp3) is 0. The molecule has 0 unspecified atom stereocenters. The van der Waals surface area contributed by atoms with Crippen LogP contribution in [-0.2, 0) is 0 Å². The van der Waals surface area contributed by atoms with Crippen molar-refractivity contribution in [3.8, 4) is 22.8 Å². The van der Waals surface area contributed by atoms with Crippen molar-refractivity contribution in [1.82, 2.24) is 9.97 Å². The lowest BCUT2D eigenvalue weighted by atomic mass is 10.2. The lowest BCUT2D eigenvalue weighted by molar-refractivity contribution is 0.480. The summed E-state index contributed by atoms with van der Waals surface area (Å²) in [7, 11) is 0. The highest BCUT2D eigenvalue weighted by Gasteiger charge is 2.00. The number of pyridine rings is 2. The number of hydrogen-bond acceptors (Lipinski definition) is 3. The Morgan fingerprint density at radius 2 is 1.53 bits per heavy atom. The average molecular weight is 248 g/mol. The number of nitrogens with zero attached hydrogens (tertiary/aromatic N) is 2. The highest BCUT2D eigenvalue weighted by atomic mass is 16.5. The van der Waals surface area contributed by atoms with Gasteiger partial charge in [0.05, 0.1) is 11.9 Å². The Morgan fingerprint density at radius 1 is 0.737 bits per heavy atom. The van der Waals surface area contributed by atoms with Crippen molar-refractivity contribution < 1.29 is 4.74 Å². The molecule has 3 nitrogen and oxygen atoms in total. The van der Waals surface area contributed by atoms with Crippen molar-refractivity contribution in [2.75, 3.05) is 0 Å². The van der Waals surface area contributed by atoms with Gasteiger partial charge in [0, 0.05) is 18.0 Å². The van der Waals surface area contributed by atoms with Crippen LogP contribution in [0.5, 0.6) is 11.5 Å². The van der Waals surface area contributed by atoms with E-state index in [2.05, 4.69) is 9.97 Å². The van der Waals surface area contributed by atoms with Gasteiger partial charge in [0.25, 0.3) is 0 Å². The molecule has 0 saturated heterocycles. The van der Waals surface area contributed by atoms with Gasteiger partial charge in [-0.2, -0.15) is 0 Å². The van der Waals surface area contributed by atoms with Gasteiger partial charge in [-0.15, -0.1) is 0 Å². The Kier molecular flexibility index (Phi) is 3.19. The van der Waals surface area contributed by atoms with Gasteiger partial charge in [0.2, 0.25) is 0 Å². The third-order valence-corrected chi connectivity index (χ3v) is 2.69. The molecule has 92 valence electrons. The first-order chi connectivity index (χ1) is 9.42. The van der Waals surface area contributed by atoms with E-state index in [0.29, 0.717) is 0 Å². The van der Waals surface area contributed by atoms with E-state index in [1.54, 1.807) is 18.6 Å². The minimum atomic E-state index is 0.726. The maximum absolute atomic E-state index is 5.69.